The summed E-state index contributed by atoms with van der Waals surface area (Å²) >= 11 is 3.54. The Morgan fingerprint density at radius 3 is 1.64 bits per heavy atom. The number of rotatable bonds is 4. The molecular formula is C50H60BBrN10O8. The quantitative estimate of drug-likeness (QED) is 0.106. The predicted molar refractivity (Wildman–Crippen MR) is 269 cm³/mol. The first-order valence-corrected chi connectivity index (χ1v) is 24.5. The van der Waals surface area contributed by atoms with E-state index < -0.39 is 18.6 Å². The topological polar surface area (TPSA) is 236 Å². The normalized spacial score (nSPS) is 27.3. The Labute approximate surface area is 414 Å². The van der Waals surface area contributed by atoms with E-state index in [1.807, 2.05) is 30.5 Å². The summed E-state index contributed by atoms with van der Waals surface area (Å²) in [6.07, 6.45) is 8.55. The maximum Gasteiger partial charge on any atom is 0.488 e. The second-order valence-corrected chi connectivity index (χ2v) is 21.2. The number of nitrogens with zero attached hydrogens (tertiary/aromatic N) is 6. The Morgan fingerprint density at radius 2 is 1.13 bits per heavy atom. The SMILES string of the molecule is CN1OC2(CC(C3CCOC(C)(C)C3)Oc3ccc(-c4ccc5cn[nH]c5c4)cc32)N=C1N.CN1OC2(CC(C3CCOC(C)(C)C3)Oc3ccc(Br)cc32)N=C1N.OB(O)c1ccc2cn[nH]c2c1. The van der Waals surface area contributed by atoms with Crippen LogP contribution < -0.4 is 26.4 Å². The summed E-state index contributed by atoms with van der Waals surface area (Å²) in [5.74, 6) is 3.12. The highest BCUT2D eigenvalue weighted by atomic mass is 79.9. The van der Waals surface area contributed by atoms with E-state index in [0.29, 0.717) is 42.1 Å². The lowest BCUT2D eigenvalue weighted by Gasteiger charge is -2.44. The van der Waals surface area contributed by atoms with E-state index in [-0.39, 0.29) is 23.4 Å². The van der Waals surface area contributed by atoms with Crippen LogP contribution >= 0.6 is 15.9 Å². The van der Waals surface area contributed by atoms with Gasteiger partial charge in [-0.3, -0.25) is 10.2 Å². The molecule has 6 aliphatic rings. The Kier molecular flexibility index (Phi) is 12.6. The van der Waals surface area contributed by atoms with Crippen LogP contribution in [-0.2, 0) is 30.6 Å². The smallest absolute Gasteiger partial charge is 0.488 e. The fourth-order valence-electron chi connectivity index (χ4n) is 10.6. The number of aliphatic imine (C=N–C) groups is 2. The Hall–Kier alpha value is -5.74. The minimum Gasteiger partial charge on any atom is -0.489 e. The van der Waals surface area contributed by atoms with Crippen LogP contribution in [0.4, 0.5) is 0 Å². The van der Waals surface area contributed by atoms with Gasteiger partial charge in [0.15, 0.2) is 0 Å². The fourth-order valence-corrected chi connectivity index (χ4v) is 11.0. The maximum absolute atomic E-state index is 8.84. The molecule has 0 amide bonds. The van der Waals surface area contributed by atoms with E-state index in [1.54, 1.807) is 48.6 Å². The van der Waals surface area contributed by atoms with Crippen molar-refractivity contribution in [2.75, 3.05) is 27.3 Å². The van der Waals surface area contributed by atoms with Crippen molar-refractivity contribution in [1.29, 1.82) is 0 Å². The number of halogens is 1. The third-order valence-electron chi connectivity index (χ3n) is 14.1. The van der Waals surface area contributed by atoms with Gasteiger partial charge in [0.1, 0.15) is 23.7 Å². The monoisotopic (exact) mass is 1020 g/mol. The molecule has 4 aromatic carbocycles. The van der Waals surface area contributed by atoms with E-state index >= 15 is 0 Å². The number of hydrogen-bond donors (Lipinski definition) is 6. The van der Waals surface area contributed by atoms with E-state index in [0.717, 1.165) is 98.9 Å². The second-order valence-electron chi connectivity index (χ2n) is 20.2. The summed E-state index contributed by atoms with van der Waals surface area (Å²) < 4.78 is 25.8. The van der Waals surface area contributed by atoms with Crippen LogP contribution in [0, 0.1) is 11.8 Å². The molecule has 2 saturated heterocycles. The molecule has 2 fully saturated rings. The molecule has 12 rings (SSSR count). The number of nitrogens with one attached hydrogen (secondary N) is 2. The van der Waals surface area contributed by atoms with Crippen molar-refractivity contribution in [1.82, 2.24) is 30.5 Å². The average molecular weight is 1020 g/mol. The summed E-state index contributed by atoms with van der Waals surface area (Å²) in [4.78, 5) is 22.0. The average Bonchev–Trinajstić information content (AvgIpc) is 4.12. The molecule has 2 spiro atoms. The van der Waals surface area contributed by atoms with Gasteiger partial charge in [0, 0.05) is 67.2 Å². The molecular weight excluding hydrogens is 959 g/mol. The van der Waals surface area contributed by atoms with Gasteiger partial charge in [0.2, 0.25) is 23.4 Å². The minimum absolute atomic E-state index is 0.0138. The Bertz CT molecular complexity index is 2960. The van der Waals surface area contributed by atoms with E-state index in [2.05, 4.69) is 94.4 Å². The first-order valence-electron chi connectivity index (χ1n) is 23.7. The Morgan fingerprint density at radius 1 is 0.643 bits per heavy atom. The van der Waals surface area contributed by atoms with Crippen molar-refractivity contribution in [3.63, 3.8) is 0 Å². The highest BCUT2D eigenvalue weighted by Crippen LogP contribution is 2.51. The van der Waals surface area contributed by atoms with E-state index in [9.17, 15) is 0 Å². The Balaban J connectivity index is 0.000000135. The number of hydrogen-bond acceptors (Lipinski definition) is 16. The van der Waals surface area contributed by atoms with Crippen LogP contribution in [0.3, 0.4) is 0 Å². The summed E-state index contributed by atoms with van der Waals surface area (Å²) in [5, 5.41) is 36.6. The summed E-state index contributed by atoms with van der Waals surface area (Å²) in [5.41, 5.74) is 16.4. The molecule has 2 aromatic heterocycles. The molecule has 8 heterocycles. The molecule has 0 aliphatic carbocycles. The summed E-state index contributed by atoms with van der Waals surface area (Å²) in [6.45, 7) is 10.1. The largest absolute Gasteiger partial charge is 0.489 e. The van der Waals surface area contributed by atoms with Crippen molar-refractivity contribution in [3.8, 4) is 22.6 Å². The van der Waals surface area contributed by atoms with Gasteiger partial charge >= 0.3 is 7.12 Å². The summed E-state index contributed by atoms with van der Waals surface area (Å²) in [7, 11) is 2.16. The standard InChI is InChI=1S/C25H29N5O3.C18H24BrN3O3.C7H7BN2O2/c1-24(2)12-17(8-9-31-24)22-13-25(28-23(26)30(3)33-25)19-10-15(6-7-21(19)32-22)16-4-5-18-14-27-29-20(18)11-16;1-17(2)9-11(6-7-23-17)15-10-18(21-16(20)22(3)25-18)13-8-12(19)4-5-14(13)24-15;11-8(12)6-2-1-5-4-9-10-7(5)3-6/h4-7,10-11,14,17,22H,8-9,12-13H2,1-3H3,(H2,26,28)(H,27,29);4-5,8,11,15H,6-7,9-10H2,1-3H3,(H2,20,21);1-4,11-12H,(H,9,10). The van der Waals surface area contributed by atoms with Gasteiger partial charge in [-0.05, 0) is 112 Å². The second kappa shape index (κ2) is 18.5. The lowest BCUT2D eigenvalue weighted by molar-refractivity contribution is -0.199. The molecule has 18 nitrogen and oxygen atoms in total. The fraction of sp³-hybridized carbons (Fsp3) is 0.440. The minimum atomic E-state index is -1.42. The van der Waals surface area contributed by atoms with Crippen molar-refractivity contribution < 1.29 is 38.7 Å². The van der Waals surface area contributed by atoms with Crippen LogP contribution in [-0.4, -0.2) is 110 Å². The number of aromatic amines is 2. The van der Waals surface area contributed by atoms with Crippen molar-refractivity contribution in [2.45, 2.75) is 101 Å². The van der Waals surface area contributed by atoms with Gasteiger partial charge in [0.25, 0.3) is 0 Å². The van der Waals surface area contributed by atoms with Crippen molar-refractivity contribution in [2.24, 2.45) is 33.3 Å². The van der Waals surface area contributed by atoms with Gasteiger partial charge in [-0.2, -0.15) is 10.2 Å². The van der Waals surface area contributed by atoms with Gasteiger partial charge in [-0.1, -0.05) is 46.3 Å². The summed E-state index contributed by atoms with van der Waals surface area (Å²) in [6, 6.07) is 23.6. The molecule has 20 heteroatoms. The number of ether oxygens (including phenoxy) is 4. The van der Waals surface area contributed by atoms with Crippen LogP contribution in [0.1, 0.15) is 77.3 Å². The van der Waals surface area contributed by atoms with Crippen LogP contribution in [0.5, 0.6) is 11.5 Å². The third kappa shape index (κ3) is 9.57. The zero-order valence-corrected chi connectivity index (χ0v) is 41.8. The predicted octanol–water partition coefficient (Wildman–Crippen LogP) is 6.32. The van der Waals surface area contributed by atoms with E-state index in [4.69, 9.17) is 60.1 Å². The number of guanidine groups is 2. The molecule has 6 aliphatic heterocycles. The van der Waals surface area contributed by atoms with Crippen molar-refractivity contribution in [3.05, 3.63) is 101 Å². The highest BCUT2D eigenvalue weighted by Gasteiger charge is 2.53. The lowest BCUT2D eigenvalue weighted by Crippen LogP contribution is -2.46. The molecule has 368 valence electrons. The molecule has 0 bridgehead atoms. The van der Waals surface area contributed by atoms with Gasteiger partial charge < -0.3 is 40.5 Å². The first kappa shape index (κ1) is 47.9. The number of benzene rings is 4. The number of fused-ring (bicyclic) bond motifs is 6. The zero-order valence-electron chi connectivity index (χ0n) is 40.2. The van der Waals surface area contributed by atoms with Crippen molar-refractivity contribution >= 4 is 62.2 Å². The molecule has 0 radical (unpaired) electrons. The van der Waals surface area contributed by atoms with Gasteiger partial charge in [0.05, 0.1) is 45.8 Å². The highest BCUT2D eigenvalue weighted by molar-refractivity contribution is 9.10. The van der Waals surface area contributed by atoms with E-state index in [1.165, 1.54) is 0 Å². The molecule has 0 saturated carbocycles. The number of H-pyrrole nitrogens is 2. The molecule has 6 aromatic rings. The number of aromatic nitrogens is 4. The molecule has 6 unspecified atom stereocenters. The molecule has 6 atom stereocenters. The van der Waals surface area contributed by atoms with Crippen LogP contribution in [0.25, 0.3) is 32.9 Å². The maximum atomic E-state index is 8.84. The number of hydroxylamine groups is 4. The van der Waals surface area contributed by atoms with Crippen LogP contribution in [0.2, 0.25) is 0 Å². The third-order valence-corrected chi connectivity index (χ3v) is 14.6. The molecule has 8 N–H and O–H groups in total. The zero-order chi connectivity index (χ0) is 49.2. The lowest BCUT2D eigenvalue weighted by atomic mass is 9.79. The van der Waals surface area contributed by atoms with Gasteiger partial charge in [-0.25, -0.2) is 29.8 Å². The van der Waals surface area contributed by atoms with Crippen LogP contribution in [0.15, 0.2) is 99.6 Å². The number of nitrogens with two attached hydrogens (primary N) is 2. The first-order chi connectivity index (χ1) is 33.4. The van der Waals surface area contributed by atoms with Gasteiger partial charge in [-0.15, -0.1) is 0 Å². The molecule has 70 heavy (non-hydrogen) atoms.